The zero-order valence-corrected chi connectivity index (χ0v) is 16.8. The maximum Gasteiger partial charge on any atom is 0.246 e. The van der Waals surface area contributed by atoms with Gasteiger partial charge in [0.1, 0.15) is 11.2 Å². The van der Waals surface area contributed by atoms with E-state index in [1.54, 1.807) is 21.3 Å². The van der Waals surface area contributed by atoms with Crippen molar-refractivity contribution in [2.75, 3.05) is 13.1 Å². The molecule has 0 aromatic carbocycles. The fourth-order valence-corrected chi connectivity index (χ4v) is 6.21. The molecule has 8 nitrogen and oxygen atoms in total. The molecule has 9 heteroatoms. The lowest BCUT2D eigenvalue weighted by molar-refractivity contribution is 0.318. The normalized spacial score (nSPS) is 19.2. The third-order valence-corrected chi connectivity index (χ3v) is 8.06. The molecule has 0 aliphatic carbocycles. The minimum absolute atomic E-state index is 0.334. The molecule has 0 unspecified atom stereocenters. The Bertz CT molecular complexity index is 1120. The Morgan fingerprint density at radius 2 is 1.93 bits per heavy atom. The lowest BCUT2D eigenvalue weighted by atomic mass is 9.89. The number of piperidine rings is 1. The lowest BCUT2D eigenvalue weighted by Crippen LogP contribution is -2.38. The number of sulfonamides is 1. The highest BCUT2D eigenvalue weighted by molar-refractivity contribution is 7.89. The molecule has 0 bridgehead atoms. The van der Waals surface area contributed by atoms with Crippen molar-refractivity contribution in [1.29, 1.82) is 0 Å². The smallest absolute Gasteiger partial charge is 0.246 e. The summed E-state index contributed by atoms with van der Waals surface area (Å²) >= 11 is 0. The van der Waals surface area contributed by atoms with Crippen LogP contribution < -0.4 is 0 Å². The SMILES string of the molecule is Cc1cc2ncnn2cc1C1CCN(S(=O)(=O)c2cnn3c2CCCC3)CC1. The molecule has 0 N–H and O–H groups in total. The van der Waals surface area contributed by atoms with Gasteiger partial charge in [-0.3, -0.25) is 4.68 Å². The van der Waals surface area contributed by atoms with E-state index >= 15 is 0 Å². The average molecular weight is 401 g/mol. The van der Waals surface area contributed by atoms with Gasteiger partial charge in [0.15, 0.2) is 5.65 Å². The molecule has 3 aromatic heterocycles. The van der Waals surface area contributed by atoms with Gasteiger partial charge in [-0.2, -0.15) is 14.5 Å². The van der Waals surface area contributed by atoms with Gasteiger partial charge in [0, 0.05) is 25.8 Å². The van der Waals surface area contributed by atoms with Crippen molar-refractivity contribution >= 4 is 15.7 Å². The Hall–Kier alpha value is -2.26. The van der Waals surface area contributed by atoms with Gasteiger partial charge < -0.3 is 0 Å². The summed E-state index contributed by atoms with van der Waals surface area (Å²) in [7, 11) is -3.48. The zero-order chi connectivity index (χ0) is 19.3. The molecular formula is C19H24N6O2S. The van der Waals surface area contributed by atoms with Crippen LogP contribution in [0.4, 0.5) is 0 Å². The second kappa shape index (κ2) is 6.66. The van der Waals surface area contributed by atoms with Crippen molar-refractivity contribution < 1.29 is 8.42 Å². The molecule has 0 saturated carbocycles. The van der Waals surface area contributed by atoms with Crippen LogP contribution in [0.5, 0.6) is 0 Å². The Labute approximate surface area is 164 Å². The predicted octanol–water partition coefficient (Wildman–Crippen LogP) is 2.14. The summed E-state index contributed by atoms with van der Waals surface area (Å²) in [6.45, 7) is 3.97. The second-order valence-electron chi connectivity index (χ2n) is 7.79. The van der Waals surface area contributed by atoms with Crippen molar-refractivity contribution in [2.24, 2.45) is 0 Å². The first-order valence-corrected chi connectivity index (χ1v) is 11.3. The Balaban J connectivity index is 1.36. The molecule has 0 radical (unpaired) electrons. The van der Waals surface area contributed by atoms with E-state index < -0.39 is 10.0 Å². The largest absolute Gasteiger partial charge is 0.268 e. The van der Waals surface area contributed by atoms with E-state index in [1.807, 2.05) is 16.9 Å². The lowest BCUT2D eigenvalue weighted by Gasteiger charge is -2.32. The van der Waals surface area contributed by atoms with E-state index in [9.17, 15) is 8.42 Å². The first-order chi connectivity index (χ1) is 13.5. The summed E-state index contributed by atoms with van der Waals surface area (Å²) < 4.78 is 31.7. The standard InChI is InChI=1S/C19H24N6O2S/c1-14-10-19-20-13-22-25(19)12-16(14)15-5-8-23(9-6-15)28(26,27)18-11-21-24-7-3-2-4-17(18)24/h10-13,15H,2-9H2,1H3. The quantitative estimate of drug-likeness (QED) is 0.672. The van der Waals surface area contributed by atoms with Gasteiger partial charge >= 0.3 is 0 Å². The highest BCUT2D eigenvalue weighted by atomic mass is 32.2. The fraction of sp³-hybridized carbons (Fsp3) is 0.526. The van der Waals surface area contributed by atoms with Crippen molar-refractivity contribution in [2.45, 2.75) is 56.4 Å². The van der Waals surface area contributed by atoms with Crippen LogP contribution in [0.2, 0.25) is 0 Å². The molecule has 2 aliphatic heterocycles. The summed E-state index contributed by atoms with van der Waals surface area (Å²) in [5.41, 5.74) is 4.14. The van der Waals surface area contributed by atoms with E-state index in [-0.39, 0.29) is 0 Å². The summed E-state index contributed by atoms with van der Waals surface area (Å²) in [6, 6.07) is 2.05. The summed E-state index contributed by atoms with van der Waals surface area (Å²) in [4.78, 5) is 4.64. The third-order valence-electron chi connectivity index (χ3n) is 6.12. The van der Waals surface area contributed by atoms with Crippen molar-refractivity contribution in [3.63, 3.8) is 0 Å². The number of aromatic nitrogens is 5. The molecule has 28 heavy (non-hydrogen) atoms. The fourth-order valence-electron chi connectivity index (χ4n) is 4.55. The van der Waals surface area contributed by atoms with Crippen LogP contribution in [0.1, 0.15) is 48.4 Å². The van der Waals surface area contributed by atoms with E-state index in [0.717, 1.165) is 50.0 Å². The molecule has 1 saturated heterocycles. The van der Waals surface area contributed by atoms with Crippen LogP contribution in [0.15, 0.2) is 29.7 Å². The molecule has 3 aromatic rings. The van der Waals surface area contributed by atoms with E-state index in [0.29, 0.717) is 23.9 Å². The minimum Gasteiger partial charge on any atom is -0.268 e. The number of pyridine rings is 1. The maximum atomic E-state index is 13.2. The Morgan fingerprint density at radius 1 is 1.11 bits per heavy atom. The number of hydrogen-bond acceptors (Lipinski definition) is 5. The van der Waals surface area contributed by atoms with Crippen LogP contribution in [0.25, 0.3) is 5.65 Å². The van der Waals surface area contributed by atoms with Crippen LogP contribution in [-0.2, 0) is 23.0 Å². The van der Waals surface area contributed by atoms with Crippen LogP contribution >= 0.6 is 0 Å². The summed E-state index contributed by atoms with van der Waals surface area (Å²) in [5.74, 6) is 0.334. The third kappa shape index (κ3) is 2.84. The van der Waals surface area contributed by atoms with Crippen molar-refractivity contribution in [3.8, 4) is 0 Å². The number of fused-ring (bicyclic) bond motifs is 2. The molecule has 0 amide bonds. The number of rotatable bonds is 3. The van der Waals surface area contributed by atoms with Gasteiger partial charge in [-0.1, -0.05) is 0 Å². The minimum atomic E-state index is -3.48. The van der Waals surface area contributed by atoms with E-state index in [1.165, 1.54) is 11.1 Å². The molecule has 0 spiro atoms. The van der Waals surface area contributed by atoms with Crippen molar-refractivity contribution in [1.82, 2.24) is 28.7 Å². The summed E-state index contributed by atoms with van der Waals surface area (Å²) in [6.07, 6.45) is 9.65. The molecule has 0 atom stereocenters. The van der Waals surface area contributed by atoms with Gasteiger partial charge in [-0.05, 0) is 62.1 Å². The number of hydrogen-bond donors (Lipinski definition) is 0. The molecule has 5 heterocycles. The molecule has 2 aliphatic rings. The van der Waals surface area contributed by atoms with Gasteiger partial charge in [0.25, 0.3) is 0 Å². The number of aryl methyl sites for hydroxylation is 2. The van der Waals surface area contributed by atoms with Crippen LogP contribution in [-0.4, -0.2) is 50.2 Å². The first kappa shape index (κ1) is 17.8. The Morgan fingerprint density at radius 3 is 2.75 bits per heavy atom. The van der Waals surface area contributed by atoms with Gasteiger partial charge in [-0.25, -0.2) is 17.9 Å². The molecular weight excluding hydrogens is 376 g/mol. The average Bonchev–Trinajstić information content (AvgIpc) is 3.34. The highest BCUT2D eigenvalue weighted by Crippen LogP contribution is 2.33. The Kier molecular flexibility index (Phi) is 4.24. The van der Waals surface area contributed by atoms with E-state index in [2.05, 4.69) is 22.1 Å². The molecule has 5 rings (SSSR count). The number of nitrogens with zero attached hydrogens (tertiary/aromatic N) is 6. The van der Waals surface area contributed by atoms with Gasteiger partial charge in [-0.15, -0.1) is 0 Å². The van der Waals surface area contributed by atoms with Crippen molar-refractivity contribution in [3.05, 3.63) is 41.6 Å². The van der Waals surface area contributed by atoms with Gasteiger partial charge in [0.05, 0.1) is 11.9 Å². The first-order valence-electron chi connectivity index (χ1n) is 9.89. The monoisotopic (exact) mass is 400 g/mol. The predicted molar refractivity (Wildman–Crippen MR) is 104 cm³/mol. The highest BCUT2D eigenvalue weighted by Gasteiger charge is 2.34. The zero-order valence-electron chi connectivity index (χ0n) is 16.0. The van der Waals surface area contributed by atoms with Crippen LogP contribution in [0, 0.1) is 6.92 Å². The topological polar surface area (TPSA) is 85.4 Å². The molecule has 148 valence electrons. The molecule has 1 fully saturated rings. The van der Waals surface area contributed by atoms with E-state index in [4.69, 9.17) is 0 Å². The van der Waals surface area contributed by atoms with Crippen LogP contribution in [0.3, 0.4) is 0 Å². The summed E-state index contributed by atoms with van der Waals surface area (Å²) in [5, 5.41) is 8.55. The second-order valence-corrected chi connectivity index (χ2v) is 9.70. The maximum absolute atomic E-state index is 13.2. The van der Waals surface area contributed by atoms with Gasteiger partial charge in [0.2, 0.25) is 10.0 Å².